The molecule has 0 spiro atoms. The Hall–Kier alpha value is -2.33. The number of H-pyrrole nitrogens is 1. The molecule has 1 aliphatic rings. The molecule has 0 saturated carbocycles. The highest BCUT2D eigenvalue weighted by Crippen LogP contribution is 2.14. The number of fused-ring (bicyclic) bond motifs is 1. The van der Waals surface area contributed by atoms with Crippen LogP contribution in [0.5, 0.6) is 0 Å². The first-order chi connectivity index (χ1) is 14.6. The van der Waals surface area contributed by atoms with Gasteiger partial charge in [-0.25, -0.2) is 4.98 Å². The highest BCUT2D eigenvalue weighted by molar-refractivity contribution is 14.0. The lowest BCUT2D eigenvalue weighted by molar-refractivity contribution is -0.135. The molecular formula is C22H26ClIN6O. The molecule has 1 fully saturated rings. The second-order valence-electron chi connectivity index (χ2n) is 7.29. The lowest BCUT2D eigenvalue weighted by atomic mass is 10.2. The number of imidazole rings is 1. The summed E-state index contributed by atoms with van der Waals surface area (Å²) in [5, 5.41) is 4.06. The fraction of sp³-hybridized carbons (Fsp3) is 0.318. The number of nitrogens with zero attached hydrogens (tertiary/aromatic N) is 4. The molecule has 2 N–H and O–H groups in total. The number of carbonyl (C=O) groups excluding carboxylic acids is 1. The number of guanidine groups is 1. The highest BCUT2D eigenvalue weighted by atomic mass is 127. The summed E-state index contributed by atoms with van der Waals surface area (Å²) < 4.78 is 0. The van der Waals surface area contributed by atoms with Gasteiger partial charge < -0.3 is 20.1 Å². The molecule has 31 heavy (non-hydrogen) atoms. The lowest BCUT2D eigenvalue weighted by Crippen LogP contribution is -2.55. The van der Waals surface area contributed by atoms with Crippen LogP contribution in [0.25, 0.3) is 11.0 Å². The molecule has 0 atom stereocenters. The quantitative estimate of drug-likeness (QED) is 0.289. The van der Waals surface area contributed by atoms with Crippen molar-refractivity contribution in [2.24, 2.45) is 4.99 Å². The molecule has 1 saturated heterocycles. The van der Waals surface area contributed by atoms with Crippen molar-refractivity contribution < 1.29 is 4.79 Å². The van der Waals surface area contributed by atoms with Gasteiger partial charge in [0.05, 0.1) is 17.6 Å². The first-order valence-electron chi connectivity index (χ1n) is 10.0. The Labute approximate surface area is 203 Å². The zero-order valence-corrected chi connectivity index (χ0v) is 20.4. The van der Waals surface area contributed by atoms with Gasteiger partial charge in [0, 0.05) is 44.7 Å². The third kappa shape index (κ3) is 5.88. The van der Waals surface area contributed by atoms with E-state index in [9.17, 15) is 4.79 Å². The van der Waals surface area contributed by atoms with Gasteiger partial charge in [0.25, 0.3) is 0 Å². The van der Waals surface area contributed by atoms with Crippen LogP contribution in [0.1, 0.15) is 11.4 Å². The molecule has 1 amide bonds. The molecule has 2 aromatic carbocycles. The van der Waals surface area contributed by atoms with Gasteiger partial charge in [-0.15, -0.1) is 24.0 Å². The number of amides is 1. The van der Waals surface area contributed by atoms with Gasteiger partial charge in [-0.1, -0.05) is 35.9 Å². The Kier molecular flexibility index (Phi) is 8.14. The Morgan fingerprint density at radius 2 is 1.97 bits per heavy atom. The van der Waals surface area contributed by atoms with Gasteiger partial charge in [0.1, 0.15) is 5.82 Å². The van der Waals surface area contributed by atoms with Crippen LogP contribution in [-0.4, -0.2) is 64.9 Å². The number of rotatable bonds is 5. The molecule has 1 aliphatic heterocycles. The minimum atomic E-state index is 0. The summed E-state index contributed by atoms with van der Waals surface area (Å²) >= 11 is 5.94. The number of halogens is 2. The van der Waals surface area contributed by atoms with Crippen molar-refractivity contribution in [3.8, 4) is 0 Å². The number of aromatic amines is 1. The maximum atomic E-state index is 12.7. The smallest absolute Gasteiger partial charge is 0.242 e. The van der Waals surface area contributed by atoms with Crippen LogP contribution < -0.4 is 5.32 Å². The van der Waals surface area contributed by atoms with Crippen molar-refractivity contribution in [2.45, 2.75) is 13.0 Å². The van der Waals surface area contributed by atoms with Crippen LogP contribution in [-0.2, 0) is 17.8 Å². The van der Waals surface area contributed by atoms with Gasteiger partial charge in [-0.2, -0.15) is 0 Å². The number of para-hydroxylation sites is 2. The van der Waals surface area contributed by atoms with E-state index in [1.807, 2.05) is 58.3 Å². The van der Waals surface area contributed by atoms with Crippen molar-refractivity contribution in [2.75, 3.05) is 33.2 Å². The minimum Gasteiger partial charge on any atom is -0.356 e. The second kappa shape index (κ2) is 10.8. The van der Waals surface area contributed by atoms with E-state index in [-0.39, 0.29) is 29.9 Å². The summed E-state index contributed by atoms with van der Waals surface area (Å²) in [6, 6.07) is 15.6. The van der Waals surface area contributed by atoms with Crippen LogP contribution in [0.2, 0.25) is 5.02 Å². The summed E-state index contributed by atoms with van der Waals surface area (Å²) in [4.78, 5) is 28.8. The maximum absolute atomic E-state index is 12.7. The molecule has 2 heterocycles. The minimum absolute atomic E-state index is 0. The summed E-state index contributed by atoms with van der Waals surface area (Å²) in [7, 11) is 1.74. The van der Waals surface area contributed by atoms with Crippen molar-refractivity contribution in [1.29, 1.82) is 0 Å². The molecule has 4 rings (SSSR count). The van der Waals surface area contributed by atoms with E-state index in [1.54, 1.807) is 7.05 Å². The summed E-state index contributed by atoms with van der Waals surface area (Å²) in [6.45, 7) is 3.00. The molecule has 7 nitrogen and oxygen atoms in total. The standard InChI is InChI=1S/C22H25ClN6O.HI/c1-24-22(25-11-10-20-26-18-4-2-3-5-19(18)27-20)29-13-12-28(21(30)15-29)14-16-6-8-17(23)9-7-16;/h2-9H,10-15H2,1H3,(H,24,25)(H,26,27);1H. The molecule has 1 aromatic heterocycles. The molecule has 3 aromatic rings. The van der Waals surface area contributed by atoms with E-state index in [1.165, 1.54) is 0 Å². The lowest BCUT2D eigenvalue weighted by Gasteiger charge is -2.36. The predicted molar refractivity (Wildman–Crippen MR) is 135 cm³/mol. The molecule has 164 valence electrons. The Morgan fingerprint density at radius 1 is 1.19 bits per heavy atom. The summed E-state index contributed by atoms with van der Waals surface area (Å²) in [6.07, 6.45) is 0.748. The number of aliphatic imine (C=N–C) groups is 1. The number of carbonyl (C=O) groups is 1. The molecule has 0 bridgehead atoms. The number of hydrogen-bond acceptors (Lipinski definition) is 3. The number of aromatic nitrogens is 2. The zero-order valence-electron chi connectivity index (χ0n) is 17.3. The zero-order chi connectivity index (χ0) is 20.9. The topological polar surface area (TPSA) is 76.6 Å². The van der Waals surface area contributed by atoms with Crippen molar-refractivity contribution >= 4 is 58.5 Å². The number of benzene rings is 2. The normalized spacial score (nSPS) is 14.6. The molecule has 9 heteroatoms. The number of nitrogens with one attached hydrogen (secondary N) is 2. The average Bonchev–Trinajstić information content (AvgIpc) is 3.17. The fourth-order valence-corrected chi connectivity index (χ4v) is 3.74. The summed E-state index contributed by atoms with van der Waals surface area (Å²) in [5.74, 6) is 1.77. The highest BCUT2D eigenvalue weighted by Gasteiger charge is 2.25. The molecule has 0 unspecified atom stereocenters. The van der Waals surface area contributed by atoms with Gasteiger partial charge >= 0.3 is 0 Å². The van der Waals surface area contributed by atoms with E-state index < -0.39 is 0 Å². The van der Waals surface area contributed by atoms with Crippen LogP contribution in [0, 0.1) is 0 Å². The molecular weight excluding hydrogens is 527 g/mol. The predicted octanol–water partition coefficient (Wildman–Crippen LogP) is 3.30. The van der Waals surface area contributed by atoms with Gasteiger partial charge in [-0.05, 0) is 29.8 Å². The first kappa shape index (κ1) is 23.3. The average molecular weight is 553 g/mol. The van der Waals surface area contributed by atoms with E-state index >= 15 is 0 Å². The number of hydrogen-bond donors (Lipinski definition) is 2. The second-order valence-corrected chi connectivity index (χ2v) is 7.72. The van der Waals surface area contributed by atoms with Crippen LogP contribution in [0.4, 0.5) is 0 Å². The van der Waals surface area contributed by atoms with E-state index in [0.29, 0.717) is 31.2 Å². The van der Waals surface area contributed by atoms with Gasteiger partial charge in [0.2, 0.25) is 5.91 Å². The van der Waals surface area contributed by atoms with E-state index in [2.05, 4.69) is 20.3 Å². The SMILES string of the molecule is CN=C(NCCc1nc2ccccc2[nH]1)N1CCN(Cc2ccc(Cl)cc2)C(=O)C1.I. The van der Waals surface area contributed by atoms with Gasteiger partial charge in [-0.3, -0.25) is 9.79 Å². The van der Waals surface area contributed by atoms with E-state index in [0.717, 1.165) is 41.3 Å². The van der Waals surface area contributed by atoms with Gasteiger partial charge in [0.15, 0.2) is 5.96 Å². The van der Waals surface area contributed by atoms with E-state index in [4.69, 9.17) is 11.6 Å². The largest absolute Gasteiger partial charge is 0.356 e. The van der Waals surface area contributed by atoms with Crippen LogP contribution >= 0.6 is 35.6 Å². The Balaban J connectivity index is 0.00000272. The van der Waals surface area contributed by atoms with Crippen LogP contribution in [0.3, 0.4) is 0 Å². The number of piperazine rings is 1. The van der Waals surface area contributed by atoms with Crippen molar-refractivity contribution in [3.63, 3.8) is 0 Å². The summed E-state index contributed by atoms with van der Waals surface area (Å²) in [5.41, 5.74) is 3.09. The van der Waals surface area contributed by atoms with Crippen molar-refractivity contribution in [3.05, 3.63) is 64.9 Å². The maximum Gasteiger partial charge on any atom is 0.242 e. The molecule has 0 radical (unpaired) electrons. The third-order valence-electron chi connectivity index (χ3n) is 5.20. The van der Waals surface area contributed by atoms with Crippen molar-refractivity contribution in [1.82, 2.24) is 25.1 Å². The Bertz CT molecular complexity index is 1020. The molecule has 0 aliphatic carbocycles. The first-order valence-corrected chi connectivity index (χ1v) is 10.4. The Morgan fingerprint density at radius 3 is 2.68 bits per heavy atom. The fourth-order valence-electron chi connectivity index (χ4n) is 3.62. The third-order valence-corrected chi connectivity index (χ3v) is 5.45. The monoisotopic (exact) mass is 552 g/mol. The van der Waals surface area contributed by atoms with Crippen LogP contribution in [0.15, 0.2) is 53.5 Å².